The highest BCUT2D eigenvalue weighted by molar-refractivity contribution is 5.66. The Hall–Kier alpha value is -2.13. The summed E-state index contributed by atoms with van der Waals surface area (Å²) in [6.07, 6.45) is 0.808. The van der Waals surface area contributed by atoms with Crippen molar-refractivity contribution in [3.05, 3.63) is 47.7 Å². The second-order valence-corrected chi connectivity index (χ2v) is 7.71. The zero-order chi connectivity index (χ0) is 19.2. The van der Waals surface area contributed by atoms with Gasteiger partial charge >= 0.3 is 0 Å². The first-order valence-corrected chi connectivity index (χ1v) is 9.76. The first kappa shape index (κ1) is 19.6. The van der Waals surface area contributed by atoms with E-state index in [0.717, 1.165) is 56.2 Å². The maximum atomic E-state index is 9.44. The molecule has 0 spiro atoms. The standard InChI is InChI=1S/C22H29N3O2/c1-17(2)14-25-11-10-24(15-19(25)9-12-26)16-20-7-8-22(27-20)21-6-4-3-5-18(21)13-23/h3-8,17,19,26H,9-12,14-16H2,1-2H3/t19-/m1/s1. The van der Waals surface area contributed by atoms with Gasteiger partial charge in [-0.1, -0.05) is 26.0 Å². The Kier molecular flexibility index (Phi) is 6.68. The molecule has 0 aliphatic carbocycles. The number of nitriles is 1. The molecule has 0 saturated carbocycles. The average Bonchev–Trinajstić information content (AvgIpc) is 3.12. The third kappa shape index (κ3) is 4.98. The van der Waals surface area contributed by atoms with E-state index in [1.807, 2.05) is 36.4 Å². The first-order chi connectivity index (χ1) is 13.1. The summed E-state index contributed by atoms with van der Waals surface area (Å²) in [5.74, 6) is 2.29. The SMILES string of the molecule is CC(C)CN1CCN(Cc2ccc(-c3ccccc3C#N)o2)C[C@H]1CCO. The lowest BCUT2D eigenvalue weighted by Crippen LogP contribution is -2.53. The summed E-state index contributed by atoms with van der Waals surface area (Å²) < 4.78 is 6.05. The van der Waals surface area contributed by atoms with Gasteiger partial charge in [-0.05, 0) is 36.6 Å². The second kappa shape index (κ2) is 9.18. The predicted octanol–water partition coefficient (Wildman–Crippen LogP) is 3.34. The van der Waals surface area contributed by atoms with Crippen LogP contribution in [0.15, 0.2) is 40.8 Å². The fourth-order valence-corrected chi connectivity index (χ4v) is 3.86. The molecule has 1 atom stereocenters. The number of hydrogen-bond donors (Lipinski definition) is 1. The Morgan fingerprint density at radius 1 is 1.22 bits per heavy atom. The van der Waals surface area contributed by atoms with Crippen molar-refractivity contribution in [2.45, 2.75) is 32.9 Å². The van der Waals surface area contributed by atoms with E-state index in [1.54, 1.807) is 0 Å². The highest BCUT2D eigenvalue weighted by Gasteiger charge is 2.27. The number of benzene rings is 1. The maximum Gasteiger partial charge on any atom is 0.135 e. The predicted molar refractivity (Wildman–Crippen MR) is 106 cm³/mol. The molecule has 0 bridgehead atoms. The quantitative estimate of drug-likeness (QED) is 0.813. The molecule has 2 heterocycles. The van der Waals surface area contributed by atoms with Gasteiger partial charge in [-0.3, -0.25) is 9.80 Å². The molecule has 3 rings (SSSR count). The molecule has 5 heteroatoms. The number of nitrogens with zero attached hydrogens (tertiary/aromatic N) is 3. The third-order valence-electron chi connectivity index (χ3n) is 5.10. The summed E-state index contributed by atoms with van der Waals surface area (Å²) >= 11 is 0. The Balaban J connectivity index is 1.66. The number of aliphatic hydroxyl groups is 1. The molecule has 1 fully saturated rings. The van der Waals surface area contributed by atoms with Gasteiger partial charge in [0.15, 0.2) is 0 Å². The van der Waals surface area contributed by atoms with Crippen molar-refractivity contribution in [3.63, 3.8) is 0 Å². The van der Waals surface area contributed by atoms with Crippen LogP contribution in [0.3, 0.4) is 0 Å². The third-order valence-corrected chi connectivity index (χ3v) is 5.10. The number of aliphatic hydroxyl groups excluding tert-OH is 1. The minimum absolute atomic E-state index is 0.225. The number of piperazine rings is 1. The molecule has 27 heavy (non-hydrogen) atoms. The van der Waals surface area contributed by atoms with Gasteiger partial charge < -0.3 is 9.52 Å². The molecule has 1 aromatic carbocycles. The van der Waals surface area contributed by atoms with Crippen LogP contribution >= 0.6 is 0 Å². The van der Waals surface area contributed by atoms with E-state index in [1.165, 1.54) is 0 Å². The van der Waals surface area contributed by atoms with Crippen LogP contribution in [0.1, 0.15) is 31.6 Å². The molecule has 5 nitrogen and oxygen atoms in total. The molecule has 1 aromatic heterocycles. The van der Waals surface area contributed by atoms with Gasteiger partial charge in [-0.15, -0.1) is 0 Å². The van der Waals surface area contributed by atoms with Crippen LogP contribution in [0.2, 0.25) is 0 Å². The van der Waals surface area contributed by atoms with E-state index >= 15 is 0 Å². The summed E-state index contributed by atoms with van der Waals surface area (Å²) in [5, 5.41) is 18.7. The Morgan fingerprint density at radius 3 is 2.78 bits per heavy atom. The van der Waals surface area contributed by atoms with E-state index in [0.29, 0.717) is 17.5 Å². The van der Waals surface area contributed by atoms with Gasteiger partial charge in [0.2, 0.25) is 0 Å². The maximum absolute atomic E-state index is 9.44. The normalized spacial score (nSPS) is 18.7. The van der Waals surface area contributed by atoms with Gasteiger partial charge in [-0.2, -0.15) is 5.26 Å². The van der Waals surface area contributed by atoms with Crippen molar-refractivity contribution in [3.8, 4) is 17.4 Å². The summed E-state index contributed by atoms with van der Waals surface area (Å²) in [4.78, 5) is 4.91. The van der Waals surface area contributed by atoms with Gasteiger partial charge in [0.05, 0.1) is 18.2 Å². The van der Waals surface area contributed by atoms with Crippen LogP contribution in [0.25, 0.3) is 11.3 Å². The fraction of sp³-hybridized carbons (Fsp3) is 0.500. The van der Waals surface area contributed by atoms with Crippen molar-refractivity contribution in [2.24, 2.45) is 5.92 Å². The summed E-state index contributed by atoms with van der Waals surface area (Å²) in [5.41, 5.74) is 1.47. The first-order valence-electron chi connectivity index (χ1n) is 9.76. The molecule has 0 amide bonds. The Labute approximate surface area is 161 Å². The van der Waals surface area contributed by atoms with Crippen LogP contribution in [0, 0.1) is 17.2 Å². The zero-order valence-electron chi connectivity index (χ0n) is 16.3. The molecule has 1 N–H and O–H groups in total. The number of rotatable bonds is 7. The Morgan fingerprint density at radius 2 is 2.04 bits per heavy atom. The van der Waals surface area contributed by atoms with Crippen molar-refractivity contribution in [1.82, 2.24) is 9.80 Å². The van der Waals surface area contributed by atoms with Crippen molar-refractivity contribution in [1.29, 1.82) is 5.26 Å². The highest BCUT2D eigenvalue weighted by Crippen LogP contribution is 2.26. The minimum Gasteiger partial charge on any atom is -0.460 e. The van der Waals surface area contributed by atoms with Crippen LogP contribution in [-0.4, -0.2) is 53.7 Å². The number of hydrogen-bond acceptors (Lipinski definition) is 5. The summed E-state index contributed by atoms with van der Waals surface area (Å²) in [6, 6.07) is 14.1. The van der Waals surface area contributed by atoms with E-state index in [-0.39, 0.29) is 6.61 Å². The number of furan rings is 1. The van der Waals surface area contributed by atoms with E-state index in [4.69, 9.17) is 4.42 Å². The average molecular weight is 367 g/mol. The van der Waals surface area contributed by atoms with Crippen LogP contribution < -0.4 is 0 Å². The van der Waals surface area contributed by atoms with Gasteiger partial charge in [0.1, 0.15) is 11.5 Å². The van der Waals surface area contributed by atoms with Gasteiger partial charge in [0, 0.05) is 44.4 Å². The highest BCUT2D eigenvalue weighted by atomic mass is 16.3. The van der Waals surface area contributed by atoms with Crippen LogP contribution in [0.4, 0.5) is 0 Å². The molecule has 1 saturated heterocycles. The zero-order valence-corrected chi connectivity index (χ0v) is 16.3. The van der Waals surface area contributed by atoms with Crippen molar-refractivity contribution >= 4 is 0 Å². The van der Waals surface area contributed by atoms with Crippen LogP contribution in [-0.2, 0) is 6.54 Å². The Bertz CT molecular complexity index is 778. The lowest BCUT2D eigenvalue weighted by atomic mass is 10.1. The molecule has 1 aliphatic rings. The van der Waals surface area contributed by atoms with E-state index in [2.05, 4.69) is 29.7 Å². The summed E-state index contributed by atoms with van der Waals surface area (Å²) in [6.45, 7) is 9.51. The lowest BCUT2D eigenvalue weighted by Gasteiger charge is -2.42. The second-order valence-electron chi connectivity index (χ2n) is 7.71. The minimum atomic E-state index is 0.225. The summed E-state index contributed by atoms with van der Waals surface area (Å²) in [7, 11) is 0. The van der Waals surface area contributed by atoms with Crippen molar-refractivity contribution < 1.29 is 9.52 Å². The van der Waals surface area contributed by atoms with Gasteiger partial charge in [0.25, 0.3) is 0 Å². The van der Waals surface area contributed by atoms with E-state index in [9.17, 15) is 10.4 Å². The molecule has 0 radical (unpaired) electrons. The van der Waals surface area contributed by atoms with Crippen molar-refractivity contribution in [2.75, 3.05) is 32.8 Å². The van der Waals surface area contributed by atoms with Crippen LogP contribution in [0.5, 0.6) is 0 Å². The topological polar surface area (TPSA) is 63.6 Å². The molecule has 1 aliphatic heterocycles. The molecule has 0 unspecified atom stereocenters. The fourth-order valence-electron chi connectivity index (χ4n) is 3.86. The lowest BCUT2D eigenvalue weighted by molar-refractivity contribution is 0.0448. The van der Waals surface area contributed by atoms with E-state index < -0.39 is 0 Å². The monoisotopic (exact) mass is 367 g/mol. The largest absolute Gasteiger partial charge is 0.460 e. The molecule has 144 valence electrons. The smallest absolute Gasteiger partial charge is 0.135 e. The van der Waals surface area contributed by atoms with Gasteiger partial charge in [-0.25, -0.2) is 0 Å². The molecule has 2 aromatic rings. The molecular formula is C22H29N3O2. The molecular weight excluding hydrogens is 338 g/mol.